The van der Waals surface area contributed by atoms with Crippen LogP contribution in [0.4, 0.5) is 10.5 Å². The normalized spacial score (nSPS) is 15.4. The molecule has 2 amide bonds. The van der Waals surface area contributed by atoms with Gasteiger partial charge in [-0.05, 0) is 49.6 Å². The summed E-state index contributed by atoms with van der Waals surface area (Å²) in [7, 11) is 0. The lowest BCUT2D eigenvalue weighted by atomic mass is 9.92. The zero-order valence-electron chi connectivity index (χ0n) is 18.4. The number of nitrogens with one attached hydrogen (secondary N) is 2. The number of carbonyl (C=O) groups excluding carboxylic acids is 1. The Morgan fingerprint density at radius 2 is 1.81 bits per heavy atom. The first-order valence-electron chi connectivity index (χ1n) is 11.1. The topological polar surface area (TPSA) is 57.4 Å². The minimum atomic E-state index is -0.189. The molecule has 2 heterocycles. The largest absolute Gasteiger partial charge is 0.492 e. The molecule has 0 aliphatic carbocycles. The monoisotopic (exact) mass is 425 g/mol. The molecule has 2 N–H and O–H groups in total. The Bertz CT molecular complexity index is 1260. The highest BCUT2D eigenvalue weighted by atomic mass is 16.5. The molecule has 0 spiro atoms. The van der Waals surface area contributed by atoms with E-state index in [1.807, 2.05) is 42.2 Å². The molecular formula is C27H27N3O2. The molecule has 3 aromatic carbocycles. The third kappa shape index (κ3) is 3.60. The van der Waals surface area contributed by atoms with Gasteiger partial charge in [-0.25, -0.2) is 4.79 Å². The number of ether oxygens (including phenoxy) is 1. The highest BCUT2D eigenvalue weighted by Gasteiger charge is 2.34. The number of aryl methyl sites for hydroxylation is 1. The fourth-order valence-electron chi connectivity index (χ4n) is 4.59. The van der Waals surface area contributed by atoms with Gasteiger partial charge in [-0.1, -0.05) is 60.2 Å². The molecule has 4 aromatic rings. The van der Waals surface area contributed by atoms with Crippen molar-refractivity contribution in [3.8, 4) is 5.75 Å². The van der Waals surface area contributed by atoms with E-state index in [1.54, 1.807) is 0 Å². The number of aromatic nitrogens is 1. The predicted molar refractivity (Wildman–Crippen MR) is 128 cm³/mol. The molecule has 0 saturated heterocycles. The number of hydrogen-bond donors (Lipinski definition) is 2. The van der Waals surface area contributed by atoms with E-state index in [9.17, 15) is 4.79 Å². The van der Waals surface area contributed by atoms with Crippen LogP contribution in [0.5, 0.6) is 5.75 Å². The van der Waals surface area contributed by atoms with Gasteiger partial charge in [0.25, 0.3) is 0 Å². The summed E-state index contributed by atoms with van der Waals surface area (Å²) in [6, 6.07) is 24.1. The van der Waals surface area contributed by atoms with Gasteiger partial charge >= 0.3 is 6.03 Å². The zero-order valence-corrected chi connectivity index (χ0v) is 18.4. The van der Waals surface area contributed by atoms with E-state index in [4.69, 9.17) is 4.74 Å². The smallest absolute Gasteiger partial charge is 0.322 e. The van der Waals surface area contributed by atoms with Crippen LogP contribution in [0.2, 0.25) is 0 Å². The summed E-state index contributed by atoms with van der Waals surface area (Å²) in [6.45, 7) is 5.19. The average molecular weight is 426 g/mol. The fourth-order valence-corrected chi connectivity index (χ4v) is 4.59. The van der Waals surface area contributed by atoms with E-state index in [2.05, 4.69) is 59.7 Å². The van der Waals surface area contributed by atoms with Gasteiger partial charge in [0.2, 0.25) is 0 Å². The second-order valence-electron chi connectivity index (χ2n) is 8.18. The Morgan fingerprint density at radius 1 is 1.06 bits per heavy atom. The lowest BCUT2D eigenvalue weighted by molar-refractivity contribution is 0.193. The summed E-state index contributed by atoms with van der Waals surface area (Å²) in [5.74, 6) is 0.679. The van der Waals surface area contributed by atoms with Gasteiger partial charge in [-0.15, -0.1) is 0 Å². The molecule has 5 rings (SSSR count). The highest BCUT2D eigenvalue weighted by molar-refractivity contribution is 5.92. The van der Waals surface area contributed by atoms with Crippen LogP contribution in [-0.2, 0) is 6.42 Å². The SMILES string of the molecule is CCOc1ccccc1NC(=O)N1CCc2c([nH]c3ccccc23)C1c1ccc(C)cc1. The van der Waals surface area contributed by atoms with Crippen LogP contribution >= 0.6 is 0 Å². The van der Waals surface area contributed by atoms with Gasteiger partial charge in [0.15, 0.2) is 0 Å². The molecule has 5 nitrogen and oxygen atoms in total. The molecule has 0 radical (unpaired) electrons. The number of urea groups is 1. The highest BCUT2D eigenvalue weighted by Crippen LogP contribution is 2.39. The van der Waals surface area contributed by atoms with Crippen LogP contribution in [-0.4, -0.2) is 29.1 Å². The number of benzene rings is 3. The summed E-state index contributed by atoms with van der Waals surface area (Å²) in [6.07, 6.45) is 0.808. The number of nitrogens with zero attached hydrogens (tertiary/aromatic N) is 1. The van der Waals surface area contributed by atoms with Crippen molar-refractivity contribution < 1.29 is 9.53 Å². The molecule has 0 bridgehead atoms. The van der Waals surface area contributed by atoms with Gasteiger partial charge in [0.1, 0.15) is 5.75 Å². The maximum atomic E-state index is 13.5. The van der Waals surface area contributed by atoms with Crippen molar-refractivity contribution in [1.82, 2.24) is 9.88 Å². The molecule has 5 heteroatoms. The minimum absolute atomic E-state index is 0.132. The number of carbonyl (C=O) groups is 1. The Labute approximate surface area is 188 Å². The van der Waals surface area contributed by atoms with Gasteiger partial charge in [-0.3, -0.25) is 0 Å². The van der Waals surface area contributed by atoms with E-state index in [1.165, 1.54) is 16.5 Å². The lowest BCUT2D eigenvalue weighted by Gasteiger charge is -2.36. The van der Waals surface area contributed by atoms with Crippen molar-refractivity contribution in [2.75, 3.05) is 18.5 Å². The lowest BCUT2D eigenvalue weighted by Crippen LogP contribution is -2.43. The number of hydrogen-bond acceptors (Lipinski definition) is 2. The van der Waals surface area contributed by atoms with Crippen molar-refractivity contribution in [2.24, 2.45) is 0 Å². The number of rotatable bonds is 4. The van der Waals surface area contributed by atoms with Crippen LogP contribution in [0.3, 0.4) is 0 Å². The predicted octanol–water partition coefficient (Wildman–Crippen LogP) is 6.05. The van der Waals surface area contributed by atoms with Crippen molar-refractivity contribution in [3.05, 3.63) is 95.2 Å². The summed E-state index contributed by atoms with van der Waals surface area (Å²) in [5, 5.41) is 4.33. The van der Waals surface area contributed by atoms with Crippen LogP contribution in [0.15, 0.2) is 72.8 Å². The summed E-state index contributed by atoms with van der Waals surface area (Å²) >= 11 is 0. The maximum Gasteiger partial charge on any atom is 0.322 e. The van der Waals surface area contributed by atoms with Gasteiger partial charge < -0.3 is 19.9 Å². The Morgan fingerprint density at radius 3 is 2.62 bits per heavy atom. The molecule has 0 fully saturated rings. The van der Waals surface area contributed by atoms with Crippen molar-refractivity contribution in [3.63, 3.8) is 0 Å². The summed E-state index contributed by atoms with van der Waals surface area (Å²) in [5.41, 5.74) is 6.47. The second-order valence-corrected chi connectivity index (χ2v) is 8.18. The van der Waals surface area contributed by atoms with E-state index < -0.39 is 0 Å². The average Bonchev–Trinajstić information content (AvgIpc) is 3.19. The van der Waals surface area contributed by atoms with Crippen LogP contribution in [0, 0.1) is 6.92 Å². The number of H-pyrrole nitrogens is 1. The quantitative estimate of drug-likeness (QED) is 0.418. The molecule has 1 aliphatic rings. The Kier molecular flexibility index (Phi) is 5.31. The first-order chi connectivity index (χ1) is 15.7. The maximum absolute atomic E-state index is 13.5. The van der Waals surface area contributed by atoms with E-state index in [0.717, 1.165) is 23.2 Å². The second kappa shape index (κ2) is 8.42. The van der Waals surface area contributed by atoms with Gasteiger partial charge in [-0.2, -0.15) is 0 Å². The first-order valence-corrected chi connectivity index (χ1v) is 11.1. The minimum Gasteiger partial charge on any atom is -0.492 e. The number of aromatic amines is 1. The van der Waals surface area contributed by atoms with Crippen molar-refractivity contribution in [2.45, 2.75) is 26.3 Å². The Hall–Kier alpha value is -3.73. The third-order valence-electron chi connectivity index (χ3n) is 6.12. The van der Waals surface area contributed by atoms with Crippen molar-refractivity contribution in [1.29, 1.82) is 0 Å². The molecule has 1 unspecified atom stereocenters. The van der Waals surface area contributed by atoms with Crippen LogP contribution < -0.4 is 10.1 Å². The zero-order chi connectivity index (χ0) is 22.1. The summed E-state index contributed by atoms with van der Waals surface area (Å²) in [4.78, 5) is 19.1. The summed E-state index contributed by atoms with van der Waals surface area (Å²) < 4.78 is 5.71. The van der Waals surface area contributed by atoms with Gasteiger partial charge in [0, 0.05) is 23.1 Å². The van der Waals surface area contributed by atoms with Crippen LogP contribution in [0.25, 0.3) is 10.9 Å². The van der Waals surface area contributed by atoms with Crippen LogP contribution in [0.1, 0.15) is 35.3 Å². The fraction of sp³-hybridized carbons (Fsp3) is 0.222. The number of fused-ring (bicyclic) bond motifs is 3. The third-order valence-corrected chi connectivity index (χ3v) is 6.12. The van der Waals surface area contributed by atoms with E-state index in [-0.39, 0.29) is 12.1 Å². The number of para-hydroxylation sites is 3. The van der Waals surface area contributed by atoms with Crippen molar-refractivity contribution >= 4 is 22.6 Å². The Balaban J connectivity index is 1.55. The molecule has 1 atom stereocenters. The number of amides is 2. The van der Waals surface area contributed by atoms with E-state index in [0.29, 0.717) is 24.6 Å². The van der Waals surface area contributed by atoms with E-state index >= 15 is 0 Å². The molecule has 1 aromatic heterocycles. The number of anilines is 1. The standard InChI is InChI=1S/C27H27N3O2/c1-3-32-24-11-7-6-10-23(24)29-27(31)30-17-16-21-20-8-4-5-9-22(20)28-25(21)26(30)19-14-12-18(2)13-15-19/h4-15,26,28H,3,16-17H2,1-2H3,(H,29,31). The molecular weight excluding hydrogens is 398 g/mol. The molecule has 32 heavy (non-hydrogen) atoms. The molecule has 162 valence electrons. The molecule has 0 saturated carbocycles. The first kappa shape index (κ1) is 20.2. The molecule has 1 aliphatic heterocycles. The van der Waals surface area contributed by atoms with Gasteiger partial charge in [0.05, 0.1) is 18.3 Å².